The lowest BCUT2D eigenvalue weighted by molar-refractivity contribution is -0.114. The Hall–Kier alpha value is -3.74. The minimum atomic E-state index is -0.328. The minimum Gasteiger partial charge on any atom is -0.495 e. The van der Waals surface area contributed by atoms with Gasteiger partial charge in [0, 0.05) is 35.2 Å². The van der Waals surface area contributed by atoms with Crippen molar-refractivity contribution in [1.29, 1.82) is 0 Å². The fraction of sp³-hybridized carbons (Fsp3) is 0.308. The second-order valence-electron chi connectivity index (χ2n) is 7.88. The Bertz CT molecular complexity index is 1250. The van der Waals surface area contributed by atoms with E-state index in [1.165, 1.54) is 20.1 Å². The number of amides is 2. The Kier molecular flexibility index (Phi) is 7.11. The predicted octanol–water partition coefficient (Wildman–Crippen LogP) is 5.77. The molecule has 0 spiro atoms. The Morgan fingerprint density at radius 3 is 2.42 bits per heavy atom. The van der Waals surface area contributed by atoms with Gasteiger partial charge in [0.2, 0.25) is 11.8 Å². The van der Waals surface area contributed by atoms with Crippen molar-refractivity contribution in [3.63, 3.8) is 0 Å². The highest BCUT2D eigenvalue weighted by Gasteiger charge is 2.19. The van der Waals surface area contributed by atoms with Crippen LogP contribution in [0.5, 0.6) is 11.5 Å². The van der Waals surface area contributed by atoms with E-state index in [0.29, 0.717) is 29.5 Å². The van der Waals surface area contributed by atoms with Crippen molar-refractivity contribution in [2.45, 2.75) is 41.5 Å². The molecule has 2 N–H and O–H groups in total. The number of anilines is 2. The molecule has 3 aromatic rings. The maximum absolute atomic E-state index is 12.9. The summed E-state index contributed by atoms with van der Waals surface area (Å²) in [6.45, 7) is 11.6. The van der Waals surface area contributed by atoms with Crippen molar-refractivity contribution in [2.24, 2.45) is 0 Å². The van der Waals surface area contributed by atoms with Gasteiger partial charge in [0.15, 0.2) is 0 Å². The molecule has 7 nitrogen and oxygen atoms in total. The fourth-order valence-electron chi connectivity index (χ4n) is 3.77. The number of carbonyl (C=O) groups is 2. The number of nitrogens with one attached hydrogen (secondary N) is 2. The van der Waals surface area contributed by atoms with Crippen LogP contribution in [0.25, 0.3) is 16.5 Å². The van der Waals surface area contributed by atoms with Gasteiger partial charge in [-0.2, -0.15) is 0 Å². The minimum absolute atomic E-state index is 0.202. The third-order valence-electron chi connectivity index (χ3n) is 5.49. The average molecular weight is 451 g/mol. The standard InChI is InChI=1S/C26H30N2O5/c1-8-32-25-16(4)26-21(15(3)17(5)33-26)13-20(25)14(2)11-24(30)28-22-12-19(27-18(6)29)9-10-23(22)31-7/h9-13H,8H2,1-7H3,(H,27,29)(H,28,30)/b14-11+. The van der Waals surface area contributed by atoms with Gasteiger partial charge in [-0.1, -0.05) is 0 Å². The predicted molar refractivity (Wildman–Crippen MR) is 131 cm³/mol. The maximum Gasteiger partial charge on any atom is 0.248 e. The summed E-state index contributed by atoms with van der Waals surface area (Å²) in [6.07, 6.45) is 1.52. The smallest absolute Gasteiger partial charge is 0.248 e. The lowest BCUT2D eigenvalue weighted by atomic mass is 9.98. The number of allylic oxidation sites excluding steroid dienone is 1. The van der Waals surface area contributed by atoms with Gasteiger partial charge in [-0.3, -0.25) is 9.59 Å². The van der Waals surface area contributed by atoms with Crippen LogP contribution in [0.1, 0.15) is 43.2 Å². The summed E-state index contributed by atoms with van der Waals surface area (Å²) < 4.78 is 17.2. The highest BCUT2D eigenvalue weighted by molar-refractivity contribution is 6.06. The van der Waals surface area contributed by atoms with Crippen LogP contribution in [-0.4, -0.2) is 25.5 Å². The van der Waals surface area contributed by atoms with E-state index in [1.54, 1.807) is 18.2 Å². The summed E-state index contributed by atoms with van der Waals surface area (Å²) in [5, 5.41) is 6.55. The topological polar surface area (TPSA) is 89.8 Å². The molecular weight excluding hydrogens is 420 g/mol. The molecule has 0 bridgehead atoms. The molecule has 0 saturated heterocycles. The number of furan rings is 1. The zero-order valence-electron chi connectivity index (χ0n) is 20.1. The summed E-state index contributed by atoms with van der Waals surface area (Å²) >= 11 is 0. The van der Waals surface area contributed by atoms with Crippen LogP contribution < -0.4 is 20.1 Å². The molecule has 0 unspecified atom stereocenters. The van der Waals surface area contributed by atoms with E-state index >= 15 is 0 Å². The van der Waals surface area contributed by atoms with Gasteiger partial charge in [-0.25, -0.2) is 0 Å². The van der Waals surface area contributed by atoms with Gasteiger partial charge in [0.25, 0.3) is 0 Å². The van der Waals surface area contributed by atoms with Crippen LogP contribution in [0.15, 0.2) is 34.8 Å². The molecule has 3 rings (SSSR count). The first-order valence-corrected chi connectivity index (χ1v) is 10.8. The lowest BCUT2D eigenvalue weighted by Gasteiger charge is -2.15. The normalized spacial score (nSPS) is 11.4. The molecule has 0 aliphatic heterocycles. The van der Waals surface area contributed by atoms with Crippen molar-refractivity contribution in [3.05, 3.63) is 52.8 Å². The van der Waals surface area contributed by atoms with Crippen molar-refractivity contribution in [3.8, 4) is 11.5 Å². The number of aryl methyl sites for hydroxylation is 3. The van der Waals surface area contributed by atoms with Crippen molar-refractivity contribution in [1.82, 2.24) is 0 Å². The van der Waals surface area contributed by atoms with E-state index in [1.807, 2.05) is 40.7 Å². The molecule has 2 amide bonds. The third kappa shape index (κ3) is 5.03. The molecule has 7 heteroatoms. The molecule has 33 heavy (non-hydrogen) atoms. The van der Waals surface area contributed by atoms with Crippen molar-refractivity contribution < 1.29 is 23.5 Å². The van der Waals surface area contributed by atoms with Crippen LogP contribution in [0.2, 0.25) is 0 Å². The number of rotatable bonds is 7. The molecule has 0 fully saturated rings. The summed E-state index contributed by atoms with van der Waals surface area (Å²) in [6, 6.07) is 7.06. The first kappa shape index (κ1) is 23.9. The van der Waals surface area contributed by atoms with E-state index < -0.39 is 0 Å². The molecule has 0 aliphatic rings. The lowest BCUT2D eigenvalue weighted by Crippen LogP contribution is -2.11. The van der Waals surface area contributed by atoms with Gasteiger partial charge >= 0.3 is 0 Å². The van der Waals surface area contributed by atoms with Gasteiger partial charge in [-0.15, -0.1) is 0 Å². The number of carbonyl (C=O) groups excluding carboxylic acids is 2. The van der Waals surface area contributed by atoms with E-state index in [0.717, 1.165) is 39.0 Å². The van der Waals surface area contributed by atoms with Crippen LogP contribution in [0.3, 0.4) is 0 Å². The van der Waals surface area contributed by atoms with Crippen LogP contribution >= 0.6 is 0 Å². The zero-order valence-corrected chi connectivity index (χ0v) is 20.1. The molecule has 0 atom stereocenters. The molecule has 1 aromatic heterocycles. The van der Waals surface area contributed by atoms with Crippen molar-refractivity contribution in [2.75, 3.05) is 24.4 Å². The Balaban J connectivity index is 1.99. The van der Waals surface area contributed by atoms with E-state index in [-0.39, 0.29) is 11.8 Å². The number of benzene rings is 2. The molecule has 0 radical (unpaired) electrons. The monoisotopic (exact) mass is 450 g/mol. The van der Waals surface area contributed by atoms with Gasteiger partial charge in [-0.05, 0) is 70.0 Å². The van der Waals surface area contributed by atoms with E-state index in [9.17, 15) is 9.59 Å². The second kappa shape index (κ2) is 9.81. The van der Waals surface area contributed by atoms with Crippen LogP contribution in [-0.2, 0) is 9.59 Å². The number of hydrogen-bond donors (Lipinski definition) is 2. The Morgan fingerprint density at radius 1 is 1.06 bits per heavy atom. The maximum atomic E-state index is 12.9. The van der Waals surface area contributed by atoms with Crippen LogP contribution in [0.4, 0.5) is 11.4 Å². The fourth-order valence-corrected chi connectivity index (χ4v) is 3.77. The largest absolute Gasteiger partial charge is 0.495 e. The first-order chi connectivity index (χ1) is 15.7. The van der Waals surface area contributed by atoms with Crippen LogP contribution in [0, 0.1) is 20.8 Å². The number of fused-ring (bicyclic) bond motifs is 1. The van der Waals surface area contributed by atoms with Gasteiger partial charge in [0.05, 0.1) is 19.4 Å². The molecular formula is C26H30N2O5. The summed E-state index contributed by atoms with van der Waals surface area (Å²) in [7, 11) is 1.52. The van der Waals surface area contributed by atoms with E-state index in [4.69, 9.17) is 13.9 Å². The van der Waals surface area contributed by atoms with Gasteiger partial charge < -0.3 is 24.5 Å². The van der Waals surface area contributed by atoms with Gasteiger partial charge in [0.1, 0.15) is 22.8 Å². The summed E-state index contributed by atoms with van der Waals surface area (Å²) in [4.78, 5) is 24.3. The van der Waals surface area contributed by atoms with E-state index in [2.05, 4.69) is 10.6 Å². The Morgan fingerprint density at radius 2 is 1.79 bits per heavy atom. The average Bonchev–Trinajstić information content (AvgIpc) is 3.04. The highest BCUT2D eigenvalue weighted by Crippen LogP contribution is 2.39. The molecule has 1 heterocycles. The summed E-state index contributed by atoms with van der Waals surface area (Å²) in [5.41, 5.74) is 5.36. The molecule has 2 aromatic carbocycles. The molecule has 0 saturated carbocycles. The zero-order chi connectivity index (χ0) is 24.3. The SMILES string of the molecule is CCOc1c(/C(C)=C/C(=O)Nc2cc(NC(C)=O)ccc2OC)cc2c(C)c(C)oc2c1C. The highest BCUT2D eigenvalue weighted by atomic mass is 16.5. The molecule has 0 aliphatic carbocycles. The summed E-state index contributed by atoms with van der Waals surface area (Å²) in [5.74, 6) is 1.52. The number of ether oxygens (including phenoxy) is 2. The first-order valence-electron chi connectivity index (χ1n) is 10.8. The quantitative estimate of drug-likeness (QED) is 0.446. The van der Waals surface area contributed by atoms with Crippen molar-refractivity contribution >= 4 is 39.7 Å². The number of hydrogen-bond acceptors (Lipinski definition) is 5. The Labute approximate surface area is 193 Å². The second-order valence-corrected chi connectivity index (χ2v) is 7.88. The third-order valence-corrected chi connectivity index (χ3v) is 5.49. The number of methoxy groups -OCH3 is 1. The molecule has 174 valence electrons.